The van der Waals surface area contributed by atoms with Crippen molar-refractivity contribution in [1.82, 2.24) is 4.67 Å². The van der Waals surface area contributed by atoms with Crippen LogP contribution in [0.25, 0.3) is 0 Å². The molecule has 1 aromatic carbocycles. The van der Waals surface area contributed by atoms with Crippen LogP contribution in [0.1, 0.15) is 29.4 Å². The zero-order valence-electron chi connectivity index (χ0n) is 7.61. The van der Waals surface area contributed by atoms with E-state index in [1.54, 1.807) is 11.1 Å². The molecule has 2 aliphatic rings. The molecule has 0 N–H and O–H groups in total. The second-order valence-electron chi connectivity index (χ2n) is 4.21. The van der Waals surface area contributed by atoms with Gasteiger partial charge >= 0.3 is 0 Å². The minimum absolute atomic E-state index is 0.799. The van der Waals surface area contributed by atoms with E-state index >= 15 is 0 Å². The van der Waals surface area contributed by atoms with Crippen LogP contribution in [0.5, 0.6) is 0 Å². The third kappa shape index (κ3) is 1.14. The lowest BCUT2D eigenvalue weighted by Crippen LogP contribution is -2.26. The number of nitrogens with zero attached hydrogens (tertiary/aromatic N) is 1. The average molecular weight is 191 g/mol. The van der Waals surface area contributed by atoms with Crippen LogP contribution in [0.3, 0.4) is 0 Å². The van der Waals surface area contributed by atoms with Gasteiger partial charge in [-0.1, -0.05) is 33.7 Å². The van der Waals surface area contributed by atoms with Gasteiger partial charge in [0.2, 0.25) is 0 Å². The Hall–Kier alpha value is -0.390. The minimum atomic E-state index is 0.799. The fourth-order valence-corrected chi connectivity index (χ4v) is 3.35. The van der Waals surface area contributed by atoms with Gasteiger partial charge in [0.1, 0.15) is 0 Å². The predicted octanol–water partition coefficient (Wildman–Crippen LogP) is 2.36. The smallest absolute Gasteiger partial charge is 0.00857 e. The molecule has 1 heterocycles. The van der Waals surface area contributed by atoms with E-state index in [2.05, 4.69) is 38.3 Å². The van der Waals surface area contributed by atoms with Gasteiger partial charge in [-0.15, -0.1) is 0 Å². The molecular formula is C11H14NP. The Bertz CT molecular complexity index is 302. The second kappa shape index (κ2) is 2.80. The molecule has 2 heteroatoms. The van der Waals surface area contributed by atoms with Gasteiger partial charge in [-0.3, -0.25) is 4.67 Å². The molecule has 1 saturated heterocycles. The van der Waals surface area contributed by atoms with E-state index in [9.17, 15) is 0 Å². The zero-order chi connectivity index (χ0) is 8.84. The standard InChI is InChI=1S/C11H14NP/c13-12-6-8-5-9(7-12)11-4-2-1-3-10(8)11/h1-4,8-9H,5-7,13H2/t8-,9+. The summed E-state index contributed by atoms with van der Waals surface area (Å²) in [6, 6.07) is 8.97. The summed E-state index contributed by atoms with van der Waals surface area (Å²) in [7, 11) is 2.85. The molecule has 3 atom stereocenters. The molecule has 68 valence electrons. The van der Waals surface area contributed by atoms with Gasteiger partial charge in [0.15, 0.2) is 0 Å². The number of benzene rings is 1. The maximum absolute atomic E-state index is 2.85. The molecule has 0 saturated carbocycles. The highest BCUT2D eigenvalue weighted by molar-refractivity contribution is 7.13. The quantitative estimate of drug-likeness (QED) is 0.569. The van der Waals surface area contributed by atoms with E-state index in [4.69, 9.17) is 0 Å². The van der Waals surface area contributed by atoms with E-state index in [1.807, 2.05) is 0 Å². The molecule has 1 aliphatic carbocycles. The van der Waals surface area contributed by atoms with E-state index in [0.29, 0.717) is 0 Å². The van der Waals surface area contributed by atoms with Gasteiger partial charge in [-0.05, 0) is 29.4 Å². The van der Waals surface area contributed by atoms with Crippen molar-refractivity contribution in [2.24, 2.45) is 0 Å². The first-order valence-electron chi connectivity index (χ1n) is 4.93. The normalized spacial score (nSPS) is 31.8. The maximum atomic E-state index is 2.85. The van der Waals surface area contributed by atoms with Crippen molar-refractivity contribution in [1.29, 1.82) is 0 Å². The molecule has 1 nitrogen and oxygen atoms in total. The molecular weight excluding hydrogens is 177 g/mol. The lowest BCUT2D eigenvalue weighted by molar-refractivity contribution is 0.334. The van der Waals surface area contributed by atoms with Gasteiger partial charge < -0.3 is 0 Å². The zero-order valence-corrected chi connectivity index (χ0v) is 8.76. The molecule has 13 heavy (non-hydrogen) atoms. The van der Waals surface area contributed by atoms with Crippen molar-refractivity contribution in [3.8, 4) is 0 Å². The van der Waals surface area contributed by atoms with E-state index in [1.165, 1.54) is 19.5 Å². The van der Waals surface area contributed by atoms with Crippen LogP contribution >= 0.6 is 9.39 Å². The molecule has 1 aromatic rings. The molecule has 1 aliphatic heterocycles. The van der Waals surface area contributed by atoms with Crippen LogP contribution in [0.15, 0.2) is 24.3 Å². The molecule has 2 bridgehead atoms. The Morgan fingerprint density at radius 3 is 2.15 bits per heavy atom. The minimum Gasteiger partial charge on any atom is -0.286 e. The Morgan fingerprint density at radius 1 is 1.08 bits per heavy atom. The first kappa shape index (κ1) is 7.96. The lowest BCUT2D eigenvalue weighted by atomic mass is 9.98. The molecule has 1 unspecified atom stereocenters. The summed E-state index contributed by atoms with van der Waals surface area (Å²) < 4.78 is 2.39. The van der Waals surface area contributed by atoms with Crippen LogP contribution in [-0.2, 0) is 0 Å². The molecule has 1 fully saturated rings. The largest absolute Gasteiger partial charge is 0.286 e. The summed E-state index contributed by atoms with van der Waals surface area (Å²) in [4.78, 5) is 0. The van der Waals surface area contributed by atoms with Gasteiger partial charge in [-0.2, -0.15) is 0 Å². The Balaban J connectivity index is 2.09. The first-order chi connectivity index (χ1) is 6.34. The van der Waals surface area contributed by atoms with Crippen LogP contribution in [-0.4, -0.2) is 17.8 Å². The molecule has 0 spiro atoms. The summed E-state index contributed by atoms with van der Waals surface area (Å²) in [5.74, 6) is 1.60. The van der Waals surface area contributed by atoms with Crippen molar-refractivity contribution >= 4 is 9.39 Å². The van der Waals surface area contributed by atoms with Gasteiger partial charge in [-0.25, -0.2) is 0 Å². The van der Waals surface area contributed by atoms with Crippen molar-refractivity contribution in [3.63, 3.8) is 0 Å². The summed E-state index contributed by atoms with van der Waals surface area (Å²) >= 11 is 0. The second-order valence-corrected chi connectivity index (χ2v) is 4.94. The fourth-order valence-electron chi connectivity index (χ4n) is 2.84. The van der Waals surface area contributed by atoms with Gasteiger partial charge in [0.05, 0.1) is 0 Å². The third-order valence-corrected chi connectivity index (χ3v) is 3.78. The Labute approximate surface area is 81.4 Å². The van der Waals surface area contributed by atoms with Gasteiger partial charge in [0.25, 0.3) is 0 Å². The van der Waals surface area contributed by atoms with Crippen molar-refractivity contribution in [2.45, 2.75) is 18.3 Å². The van der Waals surface area contributed by atoms with Crippen molar-refractivity contribution < 1.29 is 0 Å². The summed E-state index contributed by atoms with van der Waals surface area (Å²) in [5.41, 5.74) is 3.22. The number of hydrogen-bond acceptors (Lipinski definition) is 1. The highest BCUT2D eigenvalue weighted by atomic mass is 31.0. The van der Waals surface area contributed by atoms with Crippen LogP contribution in [0, 0.1) is 0 Å². The predicted molar refractivity (Wildman–Crippen MR) is 57.8 cm³/mol. The fraction of sp³-hybridized carbons (Fsp3) is 0.455. The highest BCUT2D eigenvalue weighted by Crippen LogP contribution is 2.46. The van der Waals surface area contributed by atoms with Crippen molar-refractivity contribution in [3.05, 3.63) is 35.4 Å². The molecule has 0 aromatic heterocycles. The highest BCUT2D eigenvalue weighted by Gasteiger charge is 2.35. The summed E-state index contributed by atoms with van der Waals surface area (Å²) in [5, 5.41) is 0. The van der Waals surface area contributed by atoms with Crippen LogP contribution in [0.4, 0.5) is 0 Å². The van der Waals surface area contributed by atoms with E-state index in [-0.39, 0.29) is 0 Å². The van der Waals surface area contributed by atoms with Crippen LogP contribution in [0.2, 0.25) is 0 Å². The SMILES string of the molecule is PN1C[C@H]2C[C@@H](C1)c1ccccc12. The first-order valence-corrected chi connectivity index (χ1v) is 5.44. The third-order valence-electron chi connectivity index (χ3n) is 3.35. The number of rotatable bonds is 0. The van der Waals surface area contributed by atoms with Crippen LogP contribution < -0.4 is 0 Å². The summed E-state index contributed by atoms with van der Waals surface area (Å²) in [6.45, 7) is 2.44. The lowest BCUT2D eigenvalue weighted by Gasteiger charge is -2.28. The Kier molecular flexibility index (Phi) is 1.71. The van der Waals surface area contributed by atoms with Crippen molar-refractivity contribution in [2.75, 3.05) is 13.1 Å². The summed E-state index contributed by atoms with van der Waals surface area (Å²) in [6.07, 6.45) is 1.38. The number of piperidine rings is 1. The maximum Gasteiger partial charge on any atom is 0.00857 e. The number of fused-ring (bicyclic) bond motifs is 5. The Morgan fingerprint density at radius 2 is 1.62 bits per heavy atom. The molecule has 3 rings (SSSR count). The molecule has 0 amide bonds. The van der Waals surface area contributed by atoms with Gasteiger partial charge in [0, 0.05) is 13.1 Å². The topological polar surface area (TPSA) is 3.24 Å². The van der Waals surface area contributed by atoms with E-state index in [0.717, 1.165) is 11.8 Å². The average Bonchev–Trinajstić information content (AvgIpc) is 2.41. The monoisotopic (exact) mass is 191 g/mol. The molecule has 0 radical (unpaired) electrons. The van der Waals surface area contributed by atoms with E-state index < -0.39 is 0 Å². The number of hydrogen-bond donors (Lipinski definition) is 0.